The van der Waals surface area contributed by atoms with Crippen LogP contribution in [0.4, 0.5) is 0 Å². The molecule has 0 bridgehead atoms. The Morgan fingerprint density at radius 2 is 2.10 bits per heavy atom. The van der Waals surface area contributed by atoms with E-state index in [1.807, 2.05) is 6.92 Å². The second kappa shape index (κ2) is 6.49. The van der Waals surface area contributed by atoms with E-state index >= 15 is 0 Å². The summed E-state index contributed by atoms with van der Waals surface area (Å²) < 4.78 is 2.06. The average Bonchev–Trinajstić information content (AvgIpc) is 2.96. The predicted octanol–water partition coefficient (Wildman–Crippen LogP) is 1.05. The standard InChI is InChI=1S/C13H20N4O3/c1-9(13-16-15-10-5-4-8-17(10)13)14-11(18)6-2-3-7-12(19)20/h9H,2-8H2,1H3,(H,14,18)(H,19,20). The number of hydrogen-bond acceptors (Lipinski definition) is 4. The van der Waals surface area contributed by atoms with Crippen molar-refractivity contribution in [3.05, 3.63) is 11.6 Å². The van der Waals surface area contributed by atoms with Crippen molar-refractivity contribution in [1.29, 1.82) is 0 Å². The van der Waals surface area contributed by atoms with Gasteiger partial charge in [-0.15, -0.1) is 10.2 Å². The Morgan fingerprint density at radius 1 is 1.35 bits per heavy atom. The Bertz CT molecular complexity index is 498. The van der Waals surface area contributed by atoms with Crippen LogP contribution in [-0.4, -0.2) is 31.7 Å². The summed E-state index contributed by atoms with van der Waals surface area (Å²) in [5.41, 5.74) is 0. The number of aryl methyl sites for hydroxylation is 1. The van der Waals surface area contributed by atoms with Crippen LogP contribution in [0.25, 0.3) is 0 Å². The number of unbranched alkanes of at least 4 members (excludes halogenated alkanes) is 1. The smallest absolute Gasteiger partial charge is 0.303 e. The van der Waals surface area contributed by atoms with Crippen molar-refractivity contribution >= 4 is 11.9 Å². The van der Waals surface area contributed by atoms with Crippen LogP contribution < -0.4 is 5.32 Å². The van der Waals surface area contributed by atoms with E-state index in [0.717, 1.165) is 31.0 Å². The van der Waals surface area contributed by atoms with Gasteiger partial charge in [0.25, 0.3) is 0 Å². The molecule has 7 nitrogen and oxygen atoms in total. The number of aliphatic carboxylic acids is 1. The summed E-state index contributed by atoms with van der Waals surface area (Å²) in [6.45, 7) is 2.81. The lowest BCUT2D eigenvalue weighted by molar-refractivity contribution is -0.137. The van der Waals surface area contributed by atoms with Crippen molar-refractivity contribution in [1.82, 2.24) is 20.1 Å². The van der Waals surface area contributed by atoms with Crippen LogP contribution in [0.15, 0.2) is 0 Å². The van der Waals surface area contributed by atoms with Crippen LogP contribution in [-0.2, 0) is 22.6 Å². The first-order valence-electron chi connectivity index (χ1n) is 7.01. The highest BCUT2D eigenvalue weighted by atomic mass is 16.4. The molecule has 0 spiro atoms. The molecule has 0 radical (unpaired) electrons. The van der Waals surface area contributed by atoms with E-state index < -0.39 is 5.97 Å². The number of amides is 1. The number of nitrogens with zero attached hydrogens (tertiary/aromatic N) is 3. The Balaban J connectivity index is 1.77. The first-order valence-corrected chi connectivity index (χ1v) is 7.01. The van der Waals surface area contributed by atoms with E-state index in [0.29, 0.717) is 19.3 Å². The summed E-state index contributed by atoms with van der Waals surface area (Å²) in [4.78, 5) is 22.1. The normalized spacial score (nSPS) is 14.8. The number of rotatable bonds is 7. The van der Waals surface area contributed by atoms with Crippen molar-refractivity contribution in [2.45, 2.75) is 58.0 Å². The van der Waals surface area contributed by atoms with E-state index in [9.17, 15) is 9.59 Å². The van der Waals surface area contributed by atoms with Gasteiger partial charge in [-0.1, -0.05) is 0 Å². The van der Waals surface area contributed by atoms with Crippen LogP contribution >= 0.6 is 0 Å². The molecule has 0 aromatic carbocycles. The van der Waals surface area contributed by atoms with Crippen molar-refractivity contribution in [2.24, 2.45) is 0 Å². The van der Waals surface area contributed by atoms with Gasteiger partial charge in [0.1, 0.15) is 5.82 Å². The zero-order chi connectivity index (χ0) is 14.5. The summed E-state index contributed by atoms with van der Waals surface area (Å²) in [5, 5.41) is 19.7. The molecule has 1 aliphatic rings. The van der Waals surface area contributed by atoms with Gasteiger partial charge in [-0.2, -0.15) is 0 Å². The molecule has 0 saturated heterocycles. The van der Waals surface area contributed by atoms with Crippen molar-refractivity contribution in [3.8, 4) is 0 Å². The van der Waals surface area contributed by atoms with Gasteiger partial charge in [0.2, 0.25) is 5.91 Å². The molecule has 1 aromatic rings. The minimum absolute atomic E-state index is 0.0711. The highest BCUT2D eigenvalue weighted by Gasteiger charge is 2.22. The van der Waals surface area contributed by atoms with Crippen LogP contribution in [0.1, 0.15) is 56.7 Å². The molecular formula is C13H20N4O3. The summed E-state index contributed by atoms with van der Waals surface area (Å²) in [7, 11) is 0. The fraction of sp³-hybridized carbons (Fsp3) is 0.692. The number of fused-ring (bicyclic) bond motifs is 1. The maximum atomic E-state index is 11.8. The minimum Gasteiger partial charge on any atom is -0.481 e. The van der Waals surface area contributed by atoms with Crippen LogP contribution in [0.3, 0.4) is 0 Å². The maximum absolute atomic E-state index is 11.8. The number of hydrogen-bond donors (Lipinski definition) is 2. The first-order chi connectivity index (χ1) is 9.58. The molecule has 1 aromatic heterocycles. The largest absolute Gasteiger partial charge is 0.481 e. The Kier molecular flexibility index (Phi) is 4.70. The number of aromatic nitrogens is 3. The molecule has 1 atom stereocenters. The van der Waals surface area contributed by atoms with Gasteiger partial charge in [-0.05, 0) is 26.2 Å². The second-order valence-corrected chi connectivity index (χ2v) is 5.12. The average molecular weight is 280 g/mol. The van der Waals surface area contributed by atoms with Gasteiger partial charge in [0.05, 0.1) is 6.04 Å². The van der Waals surface area contributed by atoms with Crippen molar-refractivity contribution in [2.75, 3.05) is 0 Å². The molecule has 2 N–H and O–H groups in total. The van der Waals surface area contributed by atoms with Gasteiger partial charge in [0.15, 0.2) is 5.82 Å². The third-order valence-corrected chi connectivity index (χ3v) is 3.45. The van der Waals surface area contributed by atoms with E-state index in [1.165, 1.54) is 0 Å². The summed E-state index contributed by atoms with van der Waals surface area (Å²) in [5.74, 6) is 0.898. The molecule has 20 heavy (non-hydrogen) atoms. The highest BCUT2D eigenvalue weighted by molar-refractivity contribution is 5.76. The molecule has 1 unspecified atom stereocenters. The summed E-state index contributed by atoms with van der Waals surface area (Å²) in [6.07, 6.45) is 3.59. The molecule has 0 saturated carbocycles. The number of carbonyl (C=O) groups is 2. The molecule has 2 rings (SSSR count). The molecule has 1 aliphatic heterocycles. The third kappa shape index (κ3) is 3.55. The van der Waals surface area contributed by atoms with Crippen molar-refractivity contribution < 1.29 is 14.7 Å². The summed E-state index contributed by atoms with van der Waals surface area (Å²) in [6, 6.07) is -0.165. The molecule has 7 heteroatoms. The molecule has 0 aliphatic carbocycles. The minimum atomic E-state index is -0.821. The van der Waals surface area contributed by atoms with Crippen LogP contribution in [0, 0.1) is 0 Å². The molecule has 0 fully saturated rings. The number of nitrogens with one attached hydrogen (secondary N) is 1. The van der Waals surface area contributed by atoms with Gasteiger partial charge in [-0.25, -0.2) is 0 Å². The quantitative estimate of drug-likeness (QED) is 0.727. The maximum Gasteiger partial charge on any atom is 0.303 e. The molecule has 2 heterocycles. The number of carboxylic acids is 1. The van der Waals surface area contributed by atoms with Gasteiger partial charge in [0, 0.05) is 25.8 Å². The van der Waals surface area contributed by atoms with Gasteiger partial charge in [-0.3, -0.25) is 9.59 Å². The van der Waals surface area contributed by atoms with Crippen LogP contribution in [0.2, 0.25) is 0 Å². The van der Waals surface area contributed by atoms with Crippen LogP contribution in [0.5, 0.6) is 0 Å². The second-order valence-electron chi connectivity index (χ2n) is 5.12. The zero-order valence-corrected chi connectivity index (χ0v) is 11.6. The lowest BCUT2D eigenvalue weighted by Crippen LogP contribution is -2.28. The fourth-order valence-corrected chi connectivity index (χ4v) is 2.43. The highest BCUT2D eigenvalue weighted by Crippen LogP contribution is 2.18. The molecule has 110 valence electrons. The monoisotopic (exact) mass is 280 g/mol. The lowest BCUT2D eigenvalue weighted by atomic mass is 10.2. The predicted molar refractivity (Wildman–Crippen MR) is 71.0 cm³/mol. The number of carboxylic acid groups (broad SMARTS) is 1. The zero-order valence-electron chi connectivity index (χ0n) is 11.6. The topological polar surface area (TPSA) is 97.1 Å². The first kappa shape index (κ1) is 14.5. The van der Waals surface area contributed by atoms with Gasteiger partial charge >= 0.3 is 5.97 Å². The lowest BCUT2D eigenvalue weighted by Gasteiger charge is -2.13. The Morgan fingerprint density at radius 3 is 2.85 bits per heavy atom. The fourth-order valence-electron chi connectivity index (χ4n) is 2.43. The van der Waals surface area contributed by atoms with E-state index in [-0.39, 0.29) is 18.4 Å². The van der Waals surface area contributed by atoms with Crippen molar-refractivity contribution in [3.63, 3.8) is 0 Å². The van der Waals surface area contributed by atoms with Gasteiger partial charge < -0.3 is 15.0 Å². The van der Waals surface area contributed by atoms with E-state index in [1.54, 1.807) is 0 Å². The Labute approximate surface area is 117 Å². The number of carbonyl (C=O) groups excluding carboxylic acids is 1. The third-order valence-electron chi connectivity index (χ3n) is 3.45. The summed E-state index contributed by atoms with van der Waals surface area (Å²) >= 11 is 0. The Hall–Kier alpha value is -1.92. The van der Waals surface area contributed by atoms with E-state index in [2.05, 4.69) is 20.1 Å². The SMILES string of the molecule is CC(NC(=O)CCCCC(=O)O)c1nnc2n1CCC2. The van der Waals surface area contributed by atoms with E-state index in [4.69, 9.17) is 5.11 Å². The molecular weight excluding hydrogens is 260 g/mol. The molecule has 1 amide bonds.